The van der Waals surface area contributed by atoms with Crippen LogP contribution in [0, 0.1) is 5.82 Å². The van der Waals surface area contributed by atoms with E-state index in [2.05, 4.69) is 9.97 Å². The van der Waals surface area contributed by atoms with E-state index < -0.39 is 11.8 Å². The Morgan fingerprint density at radius 3 is 2.83 bits per heavy atom. The van der Waals surface area contributed by atoms with Crippen molar-refractivity contribution >= 4 is 17.6 Å². The second-order valence-corrected chi connectivity index (χ2v) is 6.99. The zero-order valence-electron chi connectivity index (χ0n) is 16.5. The number of carboxylic acid groups (broad SMARTS) is 1. The third-order valence-corrected chi connectivity index (χ3v) is 5.02. The van der Waals surface area contributed by atoms with Crippen molar-refractivity contribution in [1.29, 1.82) is 0 Å². The average Bonchev–Trinajstić information content (AvgIpc) is 3.08. The standard InChI is InChI=1S/C22H20FN3O4/c1-13-9-14-5-3-4-6-19(14)26(13)22-24-11-17(21(27)28)20(25-22)30-12-15-7-8-16(29-2)10-18(15)23/h3-8,10-11,13H,9,12H2,1-2H3,(H,27,28). The Morgan fingerprint density at radius 1 is 1.30 bits per heavy atom. The van der Waals surface area contributed by atoms with Crippen molar-refractivity contribution in [3.05, 3.63) is 71.2 Å². The zero-order chi connectivity index (χ0) is 21.3. The highest BCUT2D eigenvalue weighted by atomic mass is 19.1. The normalized spacial score (nSPS) is 15.0. The lowest BCUT2D eigenvalue weighted by Gasteiger charge is -2.23. The number of nitrogens with zero attached hydrogens (tertiary/aromatic N) is 3. The smallest absolute Gasteiger partial charge is 0.342 e. The third kappa shape index (κ3) is 3.63. The van der Waals surface area contributed by atoms with Gasteiger partial charge in [0.05, 0.1) is 13.3 Å². The van der Waals surface area contributed by atoms with Gasteiger partial charge in [-0.25, -0.2) is 14.2 Å². The Balaban J connectivity index is 1.65. The van der Waals surface area contributed by atoms with Crippen LogP contribution in [-0.2, 0) is 13.0 Å². The van der Waals surface area contributed by atoms with Crippen LogP contribution in [0.3, 0.4) is 0 Å². The summed E-state index contributed by atoms with van der Waals surface area (Å²) in [5.41, 5.74) is 2.21. The van der Waals surface area contributed by atoms with E-state index in [1.807, 2.05) is 36.1 Å². The number of methoxy groups -OCH3 is 1. The van der Waals surface area contributed by atoms with Gasteiger partial charge in [-0.1, -0.05) is 18.2 Å². The molecule has 4 rings (SSSR count). The maximum absolute atomic E-state index is 14.2. The number of rotatable bonds is 6. The van der Waals surface area contributed by atoms with Crippen LogP contribution in [-0.4, -0.2) is 34.2 Å². The molecule has 2 heterocycles. The summed E-state index contributed by atoms with van der Waals surface area (Å²) in [6.07, 6.45) is 2.05. The van der Waals surface area contributed by atoms with E-state index in [1.165, 1.54) is 31.0 Å². The molecule has 1 N–H and O–H groups in total. The van der Waals surface area contributed by atoms with Gasteiger partial charge in [0.15, 0.2) is 0 Å². The first kappa shape index (κ1) is 19.6. The highest BCUT2D eigenvalue weighted by molar-refractivity contribution is 5.90. The first-order valence-electron chi connectivity index (χ1n) is 9.40. The van der Waals surface area contributed by atoms with E-state index in [-0.39, 0.29) is 29.7 Å². The number of fused-ring (bicyclic) bond motifs is 1. The van der Waals surface area contributed by atoms with E-state index in [4.69, 9.17) is 9.47 Å². The molecule has 7 nitrogen and oxygen atoms in total. The lowest BCUT2D eigenvalue weighted by atomic mass is 10.1. The van der Waals surface area contributed by atoms with E-state index in [9.17, 15) is 14.3 Å². The fourth-order valence-corrected chi connectivity index (χ4v) is 3.52. The van der Waals surface area contributed by atoms with E-state index in [0.717, 1.165) is 12.1 Å². The van der Waals surface area contributed by atoms with E-state index >= 15 is 0 Å². The van der Waals surface area contributed by atoms with Gasteiger partial charge in [0.25, 0.3) is 0 Å². The maximum Gasteiger partial charge on any atom is 0.342 e. The maximum atomic E-state index is 14.2. The van der Waals surface area contributed by atoms with Crippen molar-refractivity contribution in [1.82, 2.24) is 9.97 Å². The van der Waals surface area contributed by atoms with Gasteiger partial charge in [0, 0.05) is 23.4 Å². The summed E-state index contributed by atoms with van der Waals surface area (Å²) in [5.74, 6) is -1.13. The van der Waals surface area contributed by atoms with Crippen LogP contribution in [0.2, 0.25) is 0 Å². The third-order valence-electron chi connectivity index (χ3n) is 5.02. The lowest BCUT2D eigenvalue weighted by molar-refractivity contribution is 0.0690. The number of anilines is 2. The lowest BCUT2D eigenvalue weighted by Crippen LogP contribution is -2.26. The topological polar surface area (TPSA) is 84.8 Å². The Morgan fingerprint density at radius 2 is 2.10 bits per heavy atom. The number of aromatic nitrogens is 2. The quantitative estimate of drug-likeness (QED) is 0.659. The molecule has 154 valence electrons. The number of hydrogen-bond acceptors (Lipinski definition) is 6. The summed E-state index contributed by atoms with van der Waals surface area (Å²) in [4.78, 5) is 22.2. The fourth-order valence-electron chi connectivity index (χ4n) is 3.52. The molecule has 1 atom stereocenters. The molecule has 0 bridgehead atoms. The van der Waals surface area contributed by atoms with E-state index in [0.29, 0.717) is 11.7 Å². The predicted octanol–water partition coefficient (Wildman–Crippen LogP) is 3.98. The summed E-state index contributed by atoms with van der Waals surface area (Å²) in [7, 11) is 1.45. The predicted molar refractivity (Wildman–Crippen MR) is 108 cm³/mol. The van der Waals surface area contributed by atoms with Gasteiger partial charge >= 0.3 is 5.97 Å². The molecule has 0 fully saturated rings. The summed E-state index contributed by atoms with van der Waals surface area (Å²) in [6, 6.07) is 12.4. The van der Waals surface area contributed by atoms with Crippen molar-refractivity contribution in [2.45, 2.75) is 26.0 Å². The van der Waals surface area contributed by atoms with Crippen LogP contribution in [0.5, 0.6) is 11.6 Å². The molecule has 1 aliphatic rings. The Bertz CT molecular complexity index is 1110. The molecule has 1 aromatic heterocycles. The van der Waals surface area contributed by atoms with Crippen LogP contribution in [0.1, 0.15) is 28.4 Å². The molecule has 1 unspecified atom stereocenters. The van der Waals surface area contributed by atoms with Gasteiger partial charge in [0.2, 0.25) is 11.8 Å². The van der Waals surface area contributed by atoms with Crippen molar-refractivity contribution in [3.8, 4) is 11.6 Å². The SMILES string of the molecule is COc1ccc(COc2nc(N3c4ccccc4CC3C)ncc2C(=O)O)c(F)c1. The molecular formula is C22H20FN3O4. The Labute approximate surface area is 172 Å². The van der Waals surface area contributed by atoms with Crippen LogP contribution < -0.4 is 14.4 Å². The molecule has 0 amide bonds. The van der Waals surface area contributed by atoms with Gasteiger partial charge in [-0.15, -0.1) is 0 Å². The molecule has 2 aromatic carbocycles. The van der Waals surface area contributed by atoms with Crippen LogP contribution >= 0.6 is 0 Å². The second kappa shape index (κ2) is 7.98. The summed E-state index contributed by atoms with van der Waals surface area (Å²) in [6.45, 7) is 1.86. The molecular weight excluding hydrogens is 389 g/mol. The van der Waals surface area contributed by atoms with Gasteiger partial charge in [-0.05, 0) is 37.1 Å². The van der Waals surface area contributed by atoms with Crippen LogP contribution in [0.15, 0.2) is 48.7 Å². The summed E-state index contributed by atoms with van der Waals surface area (Å²) in [5, 5.41) is 9.49. The molecule has 0 aliphatic carbocycles. The number of hydrogen-bond donors (Lipinski definition) is 1. The highest BCUT2D eigenvalue weighted by Crippen LogP contribution is 2.37. The van der Waals surface area contributed by atoms with Gasteiger partial charge < -0.3 is 19.5 Å². The first-order valence-corrected chi connectivity index (χ1v) is 9.40. The Hall–Kier alpha value is -3.68. The van der Waals surface area contributed by atoms with Crippen LogP contribution in [0.25, 0.3) is 0 Å². The molecule has 0 saturated heterocycles. The number of halogens is 1. The molecule has 0 radical (unpaired) electrons. The molecule has 0 spiro atoms. The average molecular weight is 409 g/mol. The number of ether oxygens (including phenoxy) is 2. The van der Waals surface area contributed by atoms with Crippen LogP contribution in [0.4, 0.5) is 16.0 Å². The molecule has 3 aromatic rings. The summed E-state index contributed by atoms with van der Waals surface area (Å²) < 4.78 is 24.8. The minimum Gasteiger partial charge on any atom is -0.497 e. The number of benzene rings is 2. The van der Waals surface area contributed by atoms with Crippen molar-refractivity contribution in [2.24, 2.45) is 0 Å². The molecule has 0 saturated carbocycles. The van der Waals surface area contributed by atoms with Crippen molar-refractivity contribution in [2.75, 3.05) is 12.0 Å². The van der Waals surface area contributed by atoms with Gasteiger partial charge in [-0.2, -0.15) is 4.98 Å². The zero-order valence-corrected chi connectivity index (χ0v) is 16.5. The monoisotopic (exact) mass is 409 g/mol. The van der Waals surface area contributed by atoms with Crippen molar-refractivity contribution in [3.63, 3.8) is 0 Å². The fraction of sp³-hybridized carbons (Fsp3) is 0.227. The molecule has 8 heteroatoms. The minimum atomic E-state index is -1.22. The highest BCUT2D eigenvalue weighted by Gasteiger charge is 2.30. The van der Waals surface area contributed by atoms with E-state index in [1.54, 1.807) is 6.07 Å². The minimum absolute atomic E-state index is 0.102. The second-order valence-electron chi connectivity index (χ2n) is 6.99. The largest absolute Gasteiger partial charge is 0.497 e. The Kier molecular flexibility index (Phi) is 5.22. The van der Waals surface area contributed by atoms with Crippen molar-refractivity contribution < 1.29 is 23.8 Å². The number of carboxylic acids is 1. The summed E-state index contributed by atoms with van der Waals surface area (Å²) >= 11 is 0. The number of aromatic carboxylic acids is 1. The number of carbonyl (C=O) groups is 1. The first-order chi connectivity index (χ1) is 14.5. The van der Waals surface area contributed by atoms with Gasteiger partial charge in [0.1, 0.15) is 23.7 Å². The number of para-hydroxylation sites is 1. The van der Waals surface area contributed by atoms with Gasteiger partial charge in [-0.3, -0.25) is 0 Å². The molecule has 1 aliphatic heterocycles. The molecule has 30 heavy (non-hydrogen) atoms.